The van der Waals surface area contributed by atoms with Gasteiger partial charge in [-0.1, -0.05) is 6.07 Å². The van der Waals surface area contributed by atoms with Crippen LogP contribution in [0.4, 0.5) is 11.8 Å². The number of anilines is 2. The standard InChI is InChI=1S/C22H28N8O2/c1-22(2,31)13-29-11-9-17(26-29)28-10-5-6-14(12-28)19-25-20-15-7-4-8-16(32-3)18(15)24-21(23)30(20)27-19/h4,7-9,11,14,31H,5-6,10,12-13H2,1-3H3,(H2,23,24)/t14-/m1/s1. The van der Waals surface area contributed by atoms with Crippen molar-refractivity contribution >= 4 is 28.3 Å². The molecule has 1 atom stereocenters. The molecule has 10 heteroatoms. The van der Waals surface area contributed by atoms with Crippen molar-refractivity contribution in [3.63, 3.8) is 0 Å². The minimum Gasteiger partial charge on any atom is -0.494 e. The highest BCUT2D eigenvalue weighted by Crippen LogP contribution is 2.31. The Kier molecular flexibility index (Phi) is 4.89. The highest BCUT2D eigenvalue weighted by Gasteiger charge is 2.27. The molecule has 5 rings (SSSR count). The number of hydrogen-bond acceptors (Lipinski definition) is 8. The van der Waals surface area contributed by atoms with Crippen molar-refractivity contribution in [1.82, 2.24) is 29.4 Å². The summed E-state index contributed by atoms with van der Waals surface area (Å²) in [5, 5.41) is 20.3. The van der Waals surface area contributed by atoms with Crippen molar-refractivity contribution in [2.75, 3.05) is 30.8 Å². The van der Waals surface area contributed by atoms with E-state index in [-0.39, 0.29) is 11.9 Å². The van der Waals surface area contributed by atoms with Crippen LogP contribution in [0.25, 0.3) is 16.6 Å². The van der Waals surface area contributed by atoms with Gasteiger partial charge in [-0.15, -0.1) is 5.10 Å². The third-order valence-corrected chi connectivity index (χ3v) is 5.81. The number of methoxy groups -OCH3 is 1. The second kappa shape index (κ2) is 7.63. The topological polar surface area (TPSA) is 120 Å². The summed E-state index contributed by atoms with van der Waals surface area (Å²) in [6.07, 6.45) is 3.92. The molecule has 3 aromatic heterocycles. The Balaban J connectivity index is 1.45. The zero-order valence-electron chi connectivity index (χ0n) is 18.6. The van der Waals surface area contributed by atoms with E-state index < -0.39 is 5.60 Å². The van der Waals surface area contributed by atoms with Gasteiger partial charge < -0.3 is 20.5 Å². The molecule has 1 aromatic carbocycles. The maximum atomic E-state index is 10.1. The van der Waals surface area contributed by atoms with Gasteiger partial charge in [0.25, 0.3) is 0 Å². The Labute approximate surface area is 185 Å². The number of aliphatic hydroxyl groups is 1. The SMILES string of the molecule is COc1cccc2c1nc(N)n1nc([C@@H]3CCCN(c4ccn(CC(C)(C)O)n4)C3)nc21. The lowest BCUT2D eigenvalue weighted by Crippen LogP contribution is -2.35. The number of piperidine rings is 1. The number of nitrogens with two attached hydrogens (primary N) is 1. The average Bonchev–Trinajstić information content (AvgIpc) is 3.40. The summed E-state index contributed by atoms with van der Waals surface area (Å²) in [4.78, 5) is 11.6. The number of nitrogen functional groups attached to an aromatic ring is 1. The van der Waals surface area contributed by atoms with Crippen molar-refractivity contribution < 1.29 is 9.84 Å². The molecule has 0 saturated carbocycles. The molecule has 168 valence electrons. The Morgan fingerprint density at radius 2 is 2.06 bits per heavy atom. The van der Waals surface area contributed by atoms with Gasteiger partial charge in [-0.2, -0.15) is 9.61 Å². The number of nitrogens with zero attached hydrogens (tertiary/aromatic N) is 7. The van der Waals surface area contributed by atoms with Crippen molar-refractivity contribution in [3.05, 3.63) is 36.3 Å². The molecular weight excluding hydrogens is 408 g/mol. The monoisotopic (exact) mass is 436 g/mol. The number of fused-ring (bicyclic) bond motifs is 3. The van der Waals surface area contributed by atoms with Gasteiger partial charge in [-0.05, 0) is 38.8 Å². The summed E-state index contributed by atoms with van der Waals surface area (Å²) < 4.78 is 8.85. The number of rotatable bonds is 5. The number of ether oxygens (including phenoxy) is 1. The van der Waals surface area contributed by atoms with Crippen LogP contribution in [0.15, 0.2) is 30.5 Å². The molecule has 4 heterocycles. The minimum absolute atomic E-state index is 0.156. The van der Waals surface area contributed by atoms with Crippen LogP contribution in [-0.4, -0.2) is 60.3 Å². The Morgan fingerprint density at radius 1 is 1.22 bits per heavy atom. The Morgan fingerprint density at radius 3 is 2.84 bits per heavy atom. The van der Waals surface area contributed by atoms with E-state index in [0.717, 1.165) is 43.0 Å². The molecule has 4 aromatic rings. The highest BCUT2D eigenvalue weighted by atomic mass is 16.5. The first-order chi connectivity index (χ1) is 15.3. The van der Waals surface area contributed by atoms with Crippen molar-refractivity contribution in [2.45, 2.75) is 44.8 Å². The molecule has 0 bridgehead atoms. The molecule has 0 aliphatic carbocycles. The van der Waals surface area contributed by atoms with Gasteiger partial charge >= 0.3 is 0 Å². The second-order valence-electron chi connectivity index (χ2n) is 9.00. The normalized spacial score (nSPS) is 17.4. The van der Waals surface area contributed by atoms with Gasteiger partial charge in [0.2, 0.25) is 5.95 Å². The van der Waals surface area contributed by atoms with Crippen molar-refractivity contribution in [3.8, 4) is 5.75 Å². The summed E-state index contributed by atoms with van der Waals surface area (Å²) in [7, 11) is 1.62. The number of para-hydroxylation sites is 1. The van der Waals surface area contributed by atoms with Crippen LogP contribution < -0.4 is 15.4 Å². The van der Waals surface area contributed by atoms with E-state index in [4.69, 9.17) is 20.6 Å². The van der Waals surface area contributed by atoms with Gasteiger partial charge in [0.15, 0.2) is 17.3 Å². The highest BCUT2D eigenvalue weighted by molar-refractivity contribution is 5.95. The first-order valence-electron chi connectivity index (χ1n) is 10.8. The predicted octanol–water partition coefficient (Wildman–Crippen LogP) is 2.22. The van der Waals surface area contributed by atoms with Crippen LogP contribution >= 0.6 is 0 Å². The lowest BCUT2D eigenvalue weighted by atomic mass is 9.97. The van der Waals surface area contributed by atoms with Gasteiger partial charge in [0.05, 0.1) is 19.3 Å². The lowest BCUT2D eigenvalue weighted by molar-refractivity contribution is 0.0578. The van der Waals surface area contributed by atoms with E-state index in [1.165, 1.54) is 0 Å². The fraction of sp³-hybridized carbons (Fsp3) is 0.455. The first kappa shape index (κ1) is 20.5. The molecule has 1 saturated heterocycles. The molecule has 0 amide bonds. The fourth-order valence-electron chi connectivity index (χ4n) is 4.38. The van der Waals surface area contributed by atoms with Crippen LogP contribution in [0.2, 0.25) is 0 Å². The maximum Gasteiger partial charge on any atom is 0.223 e. The molecule has 10 nitrogen and oxygen atoms in total. The number of benzene rings is 1. The lowest BCUT2D eigenvalue weighted by Gasteiger charge is -2.31. The van der Waals surface area contributed by atoms with Gasteiger partial charge in [-0.3, -0.25) is 4.68 Å². The minimum atomic E-state index is -0.812. The van der Waals surface area contributed by atoms with E-state index in [1.54, 1.807) is 30.2 Å². The molecule has 1 aliphatic heterocycles. The van der Waals surface area contributed by atoms with Gasteiger partial charge in [0, 0.05) is 36.7 Å². The molecule has 1 aliphatic rings. The summed E-state index contributed by atoms with van der Waals surface area (Å²) in [5.41, 5.74) is 6.77. The summed E-state index contributed by atoms with van der Waals surface area (Å²) in [6.45, 7) is 5.69. The van der Waals surface area contributed by atoms with Gasteiger partial charge in [-0.25, -0.2) is 9.97 Å². The zero-order valence-corrected chi connectivity index (χ0v) is 18.6. The first-order valence-corrected chi connectivity index (χ1v) is 10.8. The molecule has 3 N–H and O–H groups in total. The van der Waals surface area contributed by atoms with Crippen LogP contribution in [0.3, 0.4) is 0 Å². The molecular formula is C22H28N8O2. The number of aromatic nitrogens is 6. The fourth-order valence-corrected chi connectivity index (χ4v) is 4.38. The molecule has 1 fully saturated rings. The smallest absolute Gasteiger partial charge is 0.223 e. The summed E-state index contributed by atoms with van der Waals surface area (Å²) >= 11 is 0. The van der Waals surface area contributed by atoms with E-state index in [0.29, 0.717) is 23.5 Å². The number of hydrogen-bond donors (Lipinski definition) is 2. The van der Waals surface area contributed by atoms with Crippen molar-refractivity contribution in [1.29, 1.82) is 0 Å². The van der Waals surface area contributed by atoms with E-state index in [9.17, 15) is 5.11 Å². The quantitative estimate of drug-likeness (QED) is 0.489. The third kappa shape index (κ3) is 3.70. The summed E-state index contributed by atoms with van der Waals surface area (Å²) in [6, 6.07) is 7.73. The van der Waals surface area contributed by atoms with Crippen LogP contribution in [0, 0.1) is 0 Å². The van der Waals surface area contributed by atoms with E-state index in [1.807, 2.05) is 30.5 Å². The predicted molar refractivity (Wildman–Crippen MR) is 122 cm³/mol. The summed E-state index contributed by atoms with van der Waals surface area (Å²) in [5.74, 6) is 2.76. The van der Waals surface area contributed by atoms with Crippen LogP contribution in [0.1, 0.15) is 38.4 Å². The molecule has 0 spiro atoms. The van der Waals surface area contributed by atoms with Crippen LogP contribution in [-0.2, 0) is 6.54 Å². The largest absolute Gasteiger partial charge is 0.494 e. The maximum absolute atomic E-state index is 10.1. The van der Waals surface area contributed by atoms with Crippen LogP contribution in [0.5, 0.6) is 5.75 Å². The molecule has 0 unspecified atom stereocenters. The molecule has 0 radical (unpaired) electrons. The molecule has 32 heavy (non-hydrogen) atoms. The Bertz CT molecular complexity index is 1270. The van der Waals surface area contributed by atoms with Gasteiger partial charge in [0.1, 0.15) is 11.3 Å². The Hall–Kier alpha value is -3.40. The average molecular weight is 437 g/mol. The zero-order chi connectivity index (χ0) is 22.5. The van der Waals surface area contributed by atoms with E-state index >= 15 is 0 Å². The van der Waals surface area contributed by atoms with E-state index in [2.05, 4.69) is 15.0 Å². The second-order valence-corrected chi connectivity index (χ2v) is 9.00. The third-order valence-electron chi connectivity index (χ3n) is 5.81. The van der Waals surface area contributed by atoms with Crippen molar-refractivity contribution in [2.24, 2.45) is 0 Å².